The molecule has 0 saturated heterocycles. The molecule has 24 heavy (non-hydrogen) atoms. The lowest BCUT2D eigenvalue weighted by Gasteiger charge is -2.26. The number of alkyl halides is 1. The molecule has 0 saturated carbocycles. The van der Waals surface area contributed by atoms with Crippen LogP contribution < -0.4 is 5.32 Å². The molecule has 0 fully saturated rings. The first-order valence-corrected chi connectivity index (χ1v) is 8.14. The molecule has 1 rings (SSSR count). The average Bonchev–Trinajstić information content (AvgIpc) is 2.50. The van der Waals surface area contributed by atoms with E-state index in [4.69, 9.17) is 25.8 Å². The van der Waals surface area contributed by atoms with Crippen molar-refractivity contribution in [3.63, 3.8) is 0 Å². The second kappa shape index (κ2) is 9.49. The van der Waals surface area contributed by atoms with Gasteiger partial charge in [-0.25, -0.2) is 9.59 Å². The average molecular weight is 358 g/mol. The molecule has 0 radical (unpaired) electrons. The van der Waals surface area contributed by atoms with Crippen LogP contribution in [0, 0.1) is 0 Å². The lowest BCUT2D eigenvalue weighted by atomic mass is 10.1. The molecule has 0 unspecified atom stereocenters. The van der Waals surface area contributed by atoms with Crippen molar-refractivity contribution in [1.82, 2.24) is 5.32 Å². The van der Waals surface area contributed by atoms with Crippen molar-refractivity contribution in [1.29, 1.82) is 0 Å². The molecule has 134 valence electrons. The van der Waals surface area contributed by atoms with Gasteiger partial charge in [0.15, 0.2) is 12.1 Å². The Bertz CT molecular complexity index is 530. The predicted octanol–water partition coefficient (Wildman–Crippen LogP) is 3.22. The van der Waals surface area contributed by atoms with Gasteiger partial charge in [-0.15, -0.1) is 0 Å². The van der Waals surface area contributed by atoms with Crippen LogP contribution >= 0.6 is 11.6 Å². The van der Waals surface area contributed by atoms with Gasteiger partial charge in [0.05, 0.1) is 12.7 Å². The van der Waals surface area contributed by atoms with Gasteiger partial charge in [0, 0.05) is 0 Å². The van der Waals surface area contributed by atoms with Crippen LogP contribution in [0.25, 0.3) is 0 Å². The van der Waals surface area contributed by atoms with E-state index >= 15 is 0 Å². The topological polar surface area (TPSA) is 73.9 Å². The summed E-state index contributed by atoms with van der Waals surface area (Å²) in [7, 11) is 0. The first kappa shape index (κ1) is 20.3. The summed E-state index contributed by atoms with van der Waals surface area (Å²) in [6.45, 7) is 7.15. The normalized spacial score (nSPS) is 13.7. The Morgan fingerprint density at radius 1 is 1.21 bits per heavy atom. The van der Waals surface area contributed by atoms with Gasteiger partial charge in [0.2, 0.25) is 0 Å². The van der Waals surface area contributed by atoms with Crippen LogP contribution in [0.2, 0.25) is 0 Å². The maximum Gasteiger partial charge on any atom is 0.408 e. The summed E-state index contributed by atoms with van der Waals surface area (Å²) >= 11 is 5.43. The van der Waals surface area contributed by atoms with Gasteiger partial charge in [0.25, 0.3) is 0 Å². The number of hydrogen-bond donors (Lipinski definition) is 1. The zero-order valence-electron chi connectivity index (χ0n) is 14.4. The van der Waals surface area contributed by atoms with Crippen LogP contribution in [0.15, 0.2) is 30.3 Å². The number of alkyl carbamates (subject to hydrolysis) is 1. The van der Waals surface area contributed by atoms with Gasteiger partial charge in [-0.05, 0) is 33.3 Å². The second-order valence-corrected chi connectivity index (χ2v) is 6.42. The SMILES string of the molecule is C[C@H](OCc1ccccc1)[C@@H](NC(=O)OC(C)(C)C)C(=O)OCCl. The van der Waals surface area contributed by atoms with E-state index in [1.807, 2.05) is 30.3 Å². The van der Waals surface area contributed by atoms with Crippen LogP contribution in [0.1, 0.15) is 33.3 Å². The molecule has 6 nitrogen and oxygen atoms in total. The molecule has 0 aliphatic carbocycles. The highest BCUT2D eigenvalue weighted by Gasteiger charge is 2.31. The van der Waals surface area contributed by atoms with Gasteiger partial charge < -0.3 is 19.5 Å². The standard InChI is InChI=1S/C17H24ClNO5/c1-12(22-10-13-8-6-5-7-9-13)14(15(20)23-11-18)19-16(21)24-17(2,3)4/h5-9,12,14H,10-11H2,1-4H3,(H,19,21)/t12-,14+/m0/s1. The van der Waals surface area contributed by atoms with Gasteiger partial charge in [-0.3, -0.25) is 0 Å². The quantitative estimate of drug-likeness (QED) is 0.599. The Morgan fingerprint density at radius 3 is 2.38 bits per heavy atom. The number of esters is 1. The molecule has 1 amide bonds. The first-order chi connectivity index (χ1) is 11.2. The number of rotatable bonds is 7. The Balaban J connectivity index is 2.69. The largest absolute Gasteiger partial charge is 0.448 e. The van der Waals surface area contributed by atoms with Crippen molar-refractivity contribution < 1.29 is 23.8 Å². The fraction of sp³-hybridized carbons (Fsp3) is 0.529. The highest BCUT2D eigenvalue weighted by molar-refractivity contribution is 6.17. The predicted molar refractivity (Wildman–Crippen MR) is 90.7 cm³/mol. The van der Waals surface area contributed by atoms with Gasteiger partial charge in [-0.2, -0.15) is 0 Å². The van der Waals surface area contributed by atoms with Crippen LogP contribution in [0.5, 0.6) is 0 Å². The molecule has 0 bridgehead atoms. The van der Waals surface area contributed by atoms with Crippen LogP contribution in [-0.2, 0) is 25.6 Å². The summed E-state index contributed by atoms with van der Waals surface area (Å²) in [4.78, 5) is 24.0. The summed E-state index contributed by atoms with van der Waals surface area (Å²) in [5, 5.41) is 2.47. The minimum absolute atomic E-state index is 0.294. The summed E-state index contributed by atoms with van der Waals surface area (Å²) in [5.41, 5.74) is 0.269. The highest BCUT2D eigenvalue weighted by Crippen LogP contribution is 2.11. The first-order valence-electron chi connectivity index (χ1n) is 7.60. The third-order valence-electron chi connectivity index (χ3n) is 2.95. The molecule has 7 heteroatoms. The highest BCUT2D eigenvalue weighted by atomic mass is 35.5. The Morgan fingerprint density at radius 2 is 1.83 bits per heavy atom. The maximum atomic E-state index is 12.0. The van der Waals surface area contributed by atoms with Crippen LogP contribution in [-0.4, -0.2) is 35.9 Å². The zero-order chi connectivity index (χ0) is 18.2. The molecular weight excluding hydrogens is 334 g/mol. The van der Waals surface area contributed by atoms with Crippen molar-refractivity contribution in [3.8, 4) is 0 Å². The molecule has 1 N–H and O–H groups in total. The summed E-state index contributed by atoms with van der Waals surface area (Å²) < 4.78 is 15.6. The number of carbonyl (C=O) groups is 2. The summed E-state index contributed by atoms with van der Waals surface area (Å²) in [5.74, 6) is -0.684. The lowest BCUT2D eigenvalue weighted by molar-refractivity contribution is -0.148. The molecule has 0 aliphatic heterocycles. The van der Waals surface area contributed by atoms with Crippen molar-refractivity contribution in [2.45, 2.75) is 52.0 Å². The smallest absolute Gasteiger partial charge is 0.408 e. The van der Waals surface area contributed by atoms with Crippen molar-refractivity contribution in [3.05, 3.63) is 35.9 Å². The molecule has 0 spiro atoms. The molecule has 0 aliphatic rings. The molecule has 1 aromatic rings. The fourth-order valence-corrected chi connectivity index (χ4v) is 1.95. The second-order valence-electron chi connectivity index (χ2n) is 6.20. The molecule has 0 heterocycles. The molecule has 1 aromatic carbocycles. The van der Waals surface area contributed by atoms with E-state index in [-0.39, 0.29) is 6.07 Å². The van der Waals surface area contributed by atoms with E-state index in [0.717, 1.165) is 5.56 Å². The minimum atomic E-state index is -1.03. The number of nitrogens with one attached hydrogen (secondary N) is 1. The Kier molecular flexibility index (Phi) is 8.01. The number of hydrogen-bond acceptors (Lipinski definition) is 5. The molecule has 0 aromatic heterocycles. The summed E-state index contributed by atoms with van der Waals surface area (Å²) in [6.07, 6.45) is -1.36. The van der Waals surface area contributed by atoms with Crippen molar-refractivity contribution in [2.24, 2.45) is 0 Å². The number of carbonyl (C=O) groups excluding carboxylic acids is 2. The number of ether oxygens (including phenoxy) is 3. The Labute approximate surface area is 147 Å². The van der Waals surface area contributed by atoms with E-state index in [1.165, 1.54) is 0 Å². The van der Waals surface area contributed by atoms with Gasteiger partial charge in [0.1, 0.15) is 5.60 Å². The van der Waals surface area contributed by atoms with E-state index in [2.05, 4.69) is 5.32 Å². The van der Waals surface area contributed by atoms with Crippen molar-refractivity contribution in [2.75, 3.05) is 6.07 Å². The monoisotopic (exact) mass is 357 g/mol. The van der Waals surface area contributed by atoms with Crippen molar-refractivity contribution >= 4 is 23.7 Å². The third-order valence-corrected chi connectivity index (χ3v) is 3.06. The third kappa shape index (κ3) is 7.66. The van der Waals surface area contributed by atoms with Gasteiger partial charge >= 0.3 is 12.1 Å². The number of halogens is 1. The maximum absolute atomic E-state index is 12.0. The Hall–Kier alpha value is -1.79. The van der Waals surface area contributed by atoms with E-state index in [1.54, 1.807) is 27.7 Å². The number of amides is 1. The van der Waals surface area contributed by atoms with Crippen LogP contribution in [0.3, 0.4) is 0 Å². The van der Waals surface area contributed by atoms with E-state index < -0.39 is 29.8 Å². The minimum Gasteiger partial charge on any atom is -0.448 e. The van der Waals surface area contributed by atoms with E-state index in [0.29, 0.717) is 6.61 Å². The van der Waals surface area contributed by atoms with E-state index in [9.17, 15) is 9.59 Å². The van der Waals surface area contributed by atoms with Gasteiger partial charge in [-0.1, -0.05) is 41.9 Å². The zero-order valence-corrected chi connectivity index (χ0v) is 15.1. The van der Waals surface area contributed by atoms with Crippen LogP contribution in [0.4, 0.5) is 4.79 Å². The fourth-order valence-electron chi connectivity index (χ4n) is 1.84. The molecule has 2 atom stereocenters. The number of benzene rings is 1. The summed E-state index contributed by atoms with van der Waals surface area (Å²) in [6, 6.07) is 8.15. The molecular formula is C17H24ClNO5. The lowest BCUT2D eigenvalue weighted by Crippen LogP contribution is -2.50.